The minimum absolute atomic E-state index is 0.00278. The Kier molecular flexibility index (Phi) is 27.8. The second-order valence-corrected chi connectivity index (χ2v) is 31.0. The smallest absolute Gasteiger partial charge is 0.323 e. The third-order valence-corrected chi connectivity index (χ3v) is 22.2. The molecule has 4 aliphatic heterocycles. The quantitative estimate of drug-likeness (QED) is 0.0279. The van der Waals surface area contributed by atoms with Crippen LogP contribution in [0, 0.1) is 27.7 Å². The van der Waals surface area contributed by atoms with Gasteiger partial charge in [-0.25, -0.2) is 44.1 Å². The molecule has 2 unspecified atom stereocenters. The van der Waals surface area contributed by atoms with Crippen LogP contribution in [0.1, 0.15) is 93.5 Å². The van der Waals surface area contributed by atoms with Crippen molar-refractivity contribution >= 4 is 69.7 Å². The predicted molar refractivity (Wildman–Crippen MR) is 459 cm³/mol. The van der Waals surface area contributed by atoms with E-state index in [0.29, 0.717) is 99.3 Å². The molecule has 0 saturated carbocycles. The van der Waals surface area contributed by atoms with E-state index in [-0.39, 0.29) is 62.6 Å². The maximum atomic E-state index is 12.1. The van der Waals surface area contributed by atoms with Crippen LogP contribution in [0.25, 0.3) is 43.7 Å². The van der Waals surface area contributed by atoms with Crippen molar-refractivity contribution in [1.82, 2.24) is 46.2 Å². The van der Waals surface area contributed by atoms with Crippen molar-refractivity contribution in [2.45, 2.75) is 92.7 Å². The van der Waals surface area contributed by atoms with Gasteiger partial charge < -0.3 is 64.0 Å². The maximum absolute atomic E-state index is 12.1. The van der Waals surface area contributed by atoms with E-state index in [1.807, 2.05) is 185 Å². The number of hydrogen-bond donors (Lipinski definition) is 6. The molecule has 0 spiro atoms. The van der Waals surface area contributed by atoms with Crippen molar-refractivity contribution in [3.8, 4) is 72.4 Å². The molecule has 9 heterocycles. The number of nitrogens with zero attached hydrogens (tertiary/aromatic N) is 9. The van der Waals surface area contributed by atoms with Gasteiger partial charge in [0.2, 0.25) is 0 Å². The summed E-state index contributed by atoms with van der Waals surface area (Å²) < 4.78 is 39.6. The monoisotopic (exact) mass is 1630 g/mol. The first-order valence-electron chi connectivity index (χ1n) is 39.2. The number of hydrogen-bond acceptors (Lipinski definition) is 20. The second kappa shape index (κ2) is 39.3. The lowest BCUT2D eigenvalue weighted by Gasteiger charge is -2.18. The van der Waals surface area contributed by atoms with E-state index < -0.39 is 0 Å². The number of carbonyl (C=O) groups is 4. The SMILES string of the molecule is CCCOc1ccc(C)c(Cc2ncc(-c3cccc(N4C(=O)NCC4C)n3)o2)c1.COc1cc(-c2cnc(Cc3cc(OC)ccc3C)o2)cc(N2CCNC2=O)c1.Cc1ccc(OCCO)cc1Cc1ncc(-c2cccc(N3CC(C)NC3=O)c2)s1.Cc1ccc(OCCO)cc1Cc1ncc(-c2cccc(N3CCNC3=O)c2)s1. The van der Waals surface area contributed by atoms with Gasteiger partial charge in [0.05, 0.1) is 72.2 Å². The van der Waals surface area contributed by atoms with Crippen LogP contribution >= 0.6 is 22.7 Å². The number of ether oxygens (including phenoxy) is 5. The van der Waals surface area contributed by atoms with E-state index in [0.717, 1.165) is 129 Å². The third-order valence-electron chi connectivity index (χ3n) is 20.1. The number of thiazole rings is 2. The number of carbonyl (C=O) groups excluding carboxylic acids is 4. The number of aromatic nitrogens is 5. The fraction of sp³-hybridized carbons (Fsp3) is 0.300. The third kappa shape index (κ3) is 21.1. The Hall–Kier alpha value is -12.6. The van der Waals surface area contributed by atoms with Crippen molar-refractivity contribution in [2.24, 2.45) is 0 Å². The number of urea groups is 4. The number of aliphatic hydroxyl groups is 2. The topological polar surface area (TPSA) is 307 Å². The van der Waals surface area contributed by atoms with Crippen molar-refractivity contribution in [3.05, 3.63) is 249 Å². The Bertz CT molecular complexity index is 5490. The Morgan fingerprint density at radius 2 is 0.958 bits per heavy atom. The highest BCUT2D eigenvalue weighted by Gasteiger charge is 2.31. The van der Waals surface area contributed by atoms with E-state index in [1.165, 1.54) is 11.1 Å². The zero-order chi connectivity index (χ0) is 82.8. The molecule has 4 fully saturated rings. The van der Waals surface area contributed by atoms with Crippen LogP contribution in [0.4, 0.5) is 42.1 Å². The molecule has 612 valence electrons. The molecule has 0 aliphatic carbocycles. The summed E-state index contributed by atoms with van der Waals surface area (Å²) in [6.07, 6.45) is 10.7. The highest BCUT2D eigenvalue weighted by molar-refractivity contribution is 7.15. The van der Waals surface area contributed by atoms with Gasteiger partial charge in [-0.15, -0.1) is 22.7 Å². The Morgan fingerprint density at radius 3 is 1.45 bits per heavy atom. The van der Waals surface area contributed by atoms with Crippen molar-refractivity contribution in [1.29, 1.82) is 0 Å². The van der Waals surface area contributed by atoms with Gasteiger partial charge in [-0.3, -0.25) is 19.6 Å². The van der Waals surface area contributed by atoms with Gasteiger partial charge in [0.25, 0.3) is 0 Å². The second-order valence-electron chi connectivity index (χ2n) is 28.8. The first kappa shape index (κ1) is 83.3. The molecular formula is C90H97N13O13S2. The molecule has 4 aliphatic rings. The molecule has 0 radical (unpaired) electrons. The number of anilines is 4. The fourth-order valence-corrected chi connectivity index (χ4v) is 15.5. The molecule has 8 amide bonds. The highest BCUT2D eigenvalue weighted by atomic mass is 32.1. The first-order valence-corrected chi connectivity index (χ1v) is 40.9. The number of oxazole rings is 2. The summed E-state index contributed by atoms with van der Waals surface area (Å²) >= 11 is 3.31. The van der Waals surface area contributed by atoms with Gasteiger partial charge in [0.15, 0.2) is 23.3 Å². The van der Waals surface area contributed by atoms with E-state index in [2.05, 4.69) is 79.9 Å². The molecule has 26 nitrogen and oxygen atoms in total. The maximum Gasteiger partial charge on any atom is 0.323 e. The molecule has 16 rings (SSSR count). The molecule has 2 atom stereocenters. The number of amides is 8. The number of rotatable bonds is 27. The zero-order valence-corrected chi connectivity index (χ0v) is 69.1. The molecule has 7 aromatic carbocycles. The first-order chi connectivity index (χ1) is 57.3. The fourth-order valence-electron chi connectivity index (χ4n) is 13.7. The van der Waals surface area contributed by atoms with Gasteiger partial charge in [-0.1, -0.05) is 61.5 Å². The van der Waals surface area contributed by atoms with Gasteiger partial charge in [0.1, 0.15) is 53.5 Å². The summed E-state index contributed by atoms with van der Waals surface area (Å²) in [4.78, 5) is 80.0. The number of aryl methyl sites for hydroxylation is 4. The Labute approximate surface area is 693 Å². The van der Waals surface area contributed by atoms with Crippen molar-refractivity contribution in [2.75, 3.05) is 106 Å². The molecule has 12 aromatic rings. The number of aliphatic hydroxyl groups excluding tert-OH is 2. The van der Waals surface area contributed by atoms with Crippen LogP contribution in [0.5, 0.6) is 28.7 Å². The Morgan fingerprint density at radius 1 is 0.475 bits per heavy atom. The van der Waals surface area contributed by atoms with Gasteiger partial charge in [-0.05, 0) is 201 Å². The van der Waals surface area contributed by atoms with Gasteiger partial charge >= 0.3 is 24.1 Å². The van der Waals surface area contributed by atoms with E-state index >= 15 is 0 Å². The molecule has 0 bridgehead atoms. The number of methoxy groups -OCH3 is 2. The summed E-state index contributed by atoms with van der Waals surface area (Å²) in [6, 6.07) is 51.0. The zero-order valence-electron chi connectivity index (χ0n) is 67.5. The summed E-state index contributed by atoms with van der Waals surface area (Å²) in [5.41, 5.74) is 15.3. The molecule has 5 aromatic heterocycles. The lowest BCUT2D eigenvalue weighted by molar-refractivity contribution is 0.201. The number of pyridine rings is 1. The van der Waals surface area contributed by atoms with Crippen LogP contribution in [0.3, 0.4) is 0 Å². The van der Waals surface area contributed by atoms with Gasteiger partial charge in [-0.2, -0.15) is 0 Å². The average Bonchev–Trinajstić information content (AvgIpc) is 1.66. The van der Waals surface area contributed by atoms with E-state index in [4.69, 9.17) is 42.7 Å². The summed E-state index contributed by atoms with van der Waals surface area (Å²) in [6.45, 7) is 19.5. The van der Waals surface area contributed by atoms with Crippen molar-refractivity contribution in [3.63, 3.8) is 0 Å². The molecule has 6 N–H and O–H groups in total. The molecule has 4 saturated heterocycles. The lowest BCUT2D eigenvalue weighted by Crippen LogP contribution is -2.33. The summed E-state index contributed by atoms with van der Waals surface area (Å²) in [5, 5.41) is 31.3. The molecular weight excluding hydrogens is 1540 g/mol. The van der Waals surface area contributed by atoms with Crippen molar-refractivity contribution < 1.29 is 61.9 Å². The van der Waals surface area contributed by atoms with Crippen LogP contribution in [-0.4, -0.2) is 158 Å². The van der Waals surface area contributed by atoms with Crippen LogP contribution < -0.4 is 64.6 Å². The largest absolute Gasteiger partial charge is 0.497 e. The minimum Gasteiger partial charge on any atom is -0.497 e. The number of nitrogens with one attached hydrogen (secondary N) is 4. The summed E-state index contributed by atoms with van der Waals surface area (Å²) in [7, 11) is 3.25. The van der Waals surface area contributed by atoms with Crippen LogP contribution in [0.15, 0.2) is 191 Å². The highest BCUT2D eigenvalue weighted by Crippen LogP contribution is 2.37. The average molecular weight is 1630 g/mol. The minimum atomic E-state index is -0.133. The predicted octanol–water partition coefficient (Wildman–Crippen LogP) is 15.7. The standard InChI is InChI=1S/C23H26N4O3.C23H25N3O3S.C22H23N3O4.C22H23N3O3S/c1-4-10-29-18-9-8-15(2)17(11-18)12-22-24-14-20(30-22)19-6-5-7-21(26-19)27-16(3)13-25-23(27)28;1-15-6-7-20(29-9-8-27)11-18(15)12-22-24-13-21(30-22)17-4-3-5-19(10-17)26-14-16(2)25-23(26)28;1-14-4-5-18(27-2)9-15(14)11-21-24-13-20(29-21)16-8-17(12-19(10-16)28-3)25-7-6-23-22(25)26;1-15-5-6-19(28-10-9-26)12-17(15)13-21-24-14-20(29-21)16-3-2-4-18(11-16)25-8-7-23-22(25)27/h5-9,11,14,16H,4,10,12-13H2,1-3H3,(H,25,28);3-7,10-11,13,16,27H,8-9,12,14H2,1-2H3,(H,25,28);4-5,8-10,12-13H,6-7,11H2,1-3H3,(H,23,26);2-6,11-12,14,26H,7-10,13H2,1H3,(H,23,27). The van der Waals surface area contributed by atoms with Crippen LogP contribution in [0.2, 0.25) is 0 Å². The summed E-state index contributed by atoms with van der Waals surface area (Å²) in [5.74, 6) is 6.86. The number of benzene rings is 7. The van der Waals surface area contributed by atoms with Crippen LogP contribution in [-0.2, 0) is 25.7 Å². The van der Waals surface area contributed by atoms with Gasteiger partial charge in [0, 0.05) is 112 Å². The molecule has 28 heteroatoms. The van der Waals surface area contributed by atoms with E-state index in [1.54, 1.807) is 68.9 Å². The van der Waals surface area contributed by atoms with E-state index in [9.17, 15) is 19.2 Å². The lowest BCUT2D eigenvalue weighted by atomic mass is 10.1. The molecule has 118 heavy (non-hydrogen) atoms. The normalized spacial score (nSPS) is 14.8. The Balaban J connectivity index is 0.000000136.